The molecular formula is C32H41N9OS. The lowest BCUT2D eigenvalue weighted by atomic mass is 10.0. The number of piperidine rings is 1. The van der Waals surface area contributed by atoms with E-state index in [0.717, 1.165) is 71.2 Å². The zero-order chi connectivity index (χ0) is 30.1. The summed E-state index contributed by atoms with van der Waals surface area (Å²) < 4.78 is 8.20. The van der Waals surface area contributed by atoms with Crippen molar-refractivity contribution in [1.82, 2.24) is 24.8 Å². The molecule has 2 aliphatic rings. The Hall–Kier alpha value is -3.83. The minimum absolute atomic E-state index is 0.491. The molecule has 0 radical (unpaired) electrons. The second kappa shape index (κ2) is 12.4. The van der Waals surface area contributed by atoms with Crippen molar-refractivity contribution in [3.63, 3.8) is 0 Å². The Kier molecular flexibility index (Phi) is 8.45. The van der Waals surface area contributed by atoms with Crippen molar-refractivity contribution in [3.8, 4) is 5.75 Å². The highest BCUT2D eigenvalue weighted by atomic mass is 32.2. The van der Waals surface area contributed by atoms with Gasteiger partial charge in [-0.25, -0.2) is 4.98 Å². The first-order chi connectivity index (χ1) is 20.9. The summed E-state index contributed by atoms with van der Waals surface area (Å²) in [6.45, 7) is 6.24. The average molecular weight is 600 g/mol. The normalized spacial score (nSPS) is 15.7. The van der Waals surface area contributed by atoms with Crippen molar-refractivity contribution in [2.75, 3.05) is 60.4 Å². The fourth-order valence-electron chi connectivity index (χ4n) is 5.86. The highest BCUT2D eigenvalue weighted by Crippen LogP contribution is 2.44. The molecule has 2 aromatic carbocycles. The van der Waals surface area contributed by atoms with Gasteiger partial charge in [0.15, 0.2) is 0 Å². The molecule has 6 rings (SSSR count). The van der Waals surface area contributed by atoms with Gasteiger partial charge < -0.3 is 29.5 Å². The molecule has 1 aliphatic heterocycles. The minimum atomic E-state index is 0.491. The number of nitrogens with zero attached hydrogens (tertiary/aromatic N) is 7. The van der Waals surface area contributed by atoms with Crippen molar-refractivity contribution in [2.24, 2.45) is 0 Å². The maximum absolute atomic E-state index is 5.85. The third kappa shape index (κ3) is 6.14. The molecule has 0 atom stereocenters. The number of methoxy groups -OCH3 is 1. The summed E-state index contributed by atoms with van der Waals surface area (Å²) in [5, 5.41) is 7.03. The Labute approximate surface area is 258 Å². The number of benzene rings is 2. The Morgan fingerprint density at radius 2 is 1.67 bits per heavy atom. The molecule has 2 N–H and O–H groups in total. The van der Waals surface area contributed by atoms with Gasteiger partial charge in [-0.3, -0.25) is 9.97 Å². The zero-order valence-electron chi connectivity index (χ0n) is 25.9. The van der Waals surface area contributed by atoms with E-state index in [1.54, 1.807) is 31.5 Å². The predicted octanol–water partition coefficient (Wildman–Crippen LogP) is 6.31. The summed E-state index contributed by atoms with van der Waals surface area (Å²) in [6, 6.07) is 9.47. The molecule has 3 heterocycles. The Morgan fingerprint density at radius 3 is 2.37 bits per heavy atom. The quantitative estimate of drug-likeness (QED) is 0.201. The van der Waals surface area contributed by atoms with E-state index in [2.05, 4.69) is 80.2 Å². The van der Waals surface area contributed by atoms with E-state index in [1.165, 1.54) is 24.1 Å². The number of rotatable bonds is 10. The SMILES string of the molecule is COc1cc(N2CCC(N(C)C)CC2)c(C)cc1Nc1ncc(C)c(Nc2ccc3nccnc3c2N(SC)C2CC2)n1. The molecule has 2 fully saturated rings. The first kappa shape index (κ1) is 29.3. The van der Waals surface area contributed by atoms with Crippen LogP contribution in [-0.2, 0) is 0 Å². The van der Waals surface area contributed by atoms with Crippen LogP contribution in [0, 0.1) is 13.8 Å². The van der Waals surface area contributed by atoms with Gasteiger partial charge in [-0.05, 0) is 77.4 Å². The van der Waals surface area contributed by atoms with Crippen LogP contribution in [0.1, 0.15) is 36.8 Å². The van der Waals surface area contributed by atoms with Gasteiger partial charge in [-0.15, -0.1) is 0 Å². The number of hydrogen-bond donors (Lipinski definition) is 2. The predicted molar refractivity (Wildman–Crippen MR) is 179 cm³/mol. The molecular weight excluding hydrogens is 558 g/mol. The summed E-state index contributed by atoms with van der Waals surface area (Å²) in [4.78, 5) is 23.6. The summed E-state index contributed by atoms with van der Waals surface area (Å²) in [5.74, 6) is 2.00. The number of hydrogen-bond acceptors (Lipinski definition) is 11. The second-order valence-corrected chi connectivity index (χ2v) is 12.4. The van der Waals surface area contributed by atoms with Crippen LogP contribution in [0.15, 0.2) is 42.9 Å². The van der Waals surface area contributed by atoms with Crippen LogP contribution in [0.3, 0.4) is 0 Å². The van der Waals surface area contributed by atoms with Crippen LogP contribution < -0.4 is 24.6 Å². The zero-order valence-corrected chi connectivity index (χ0v) is 26.7. The molecule has 11 heteroatoms. The van der Waals surface area contributed by atoms with Crippen LogP contribution >= 0.6 is 11.9 Å². The molecule has 226 valence electrons. The lowest BCUT2D eigenvalue weighted by molar-refractivity contribution is 0.249. The van der Waals surface area contributed by atoms with Crippen LogP contribution in [0.2, 0.25) is 0 Å². The number of fused-ring (bicyclic) bond motifs is 1. The van der Waals surface area contributed by atoms with Gasteiger partial charge in [-0.1, -0.05) is 11.9 Å². The second-order valence-electron chi connectivity index (χ2n) is 11.6. The Bertz CT molecular complexity index is 1600. The molecule has 2 aromatic heterocycles. The molecule has 0 amide bonds. The molecule has 0 unspecified atom stereocenters. The van der Waals surface area contributed by atoms with Gasteiger partial charge >= 0.3 is 0 Å². The van der Waals surface area contributed by atoms with Crippen LogP contribution in [-0.4, -0.2) is 77.5 Å². The Balaban J connectivity index is 1.27. The van der Waals surface area contributed by atoms with Crippen molar-refractivity contribution in [3.05, 3.63) is 54.0 Å². The van der Waals surface area contributed by atoms with Gasteiger partial charge in [0.05, 0.1) is 29.7 Å². The maximum atomic E-state index is 5.85. The van der Waals surface area contributed by atoms with Crippen LogP contribution in [0.25, 0.3) is 11.0 Å². The van der Waals surface area contributed by atoms with E-state index < -0.39 is 0 Å². The molecule has 1 saturated heterocycles. The van der Waals surface area contributed by atoms with E-state index in [1.807, 2.05) is 19.2 Å². The van der Waals surface area contributed by atoms with E-state index in [-0.39, 0.29) is 0 Å². The van der Waals surface area contributed by atoms with Crippen molar-refractivity contribution in [2.45, 2.75) is 51.6 Å². The van der Waals surface area contributed by atoms with Gasteiger partial charge in [-0.2, -0.15) is 4.98 Å². The van der Waals surface area contributed by atoms with E-state index in [4.69, 9.17) is 14.7 Å². The fourth-order valence-corrected chi connectivity index (χ4v) is 6.74. The third-order valence-corrected chi connectivity index (χ3v) is 9.31. The number of ether oxygens (including phenoxy) is 1. The van der Waals surface area contributed by atoms with Gasteiger partial charge in [0, 0.05) is 67.3 Å². The lowest BCUT2D eigenvalue weighted by Gasteiger charge is -2.37. The summed E-state index contributed by atoms with van der Waals surface area (Å²) in [5.41, 5.74) is 7.92. The highest BCUT2D eigenvalue weighted by molar-refractivity contribution is 8.00. The van der Waals surface area contributed by atoms with Crippen molar-refractivity contribution < 1.29 is 4.74 Å². The minimum Gasteiger partial charge on any atom is -0.494 e. The molecule has 0 spiro atoms. The highest BCUT2D eigenvalue weighted by Gasteiger charge is 2.32. The number of aromatic nitrogens is 4. The third-order valence-electron chi connectivity index (χ3n) is 8.43. The molecule has 43 heavy (non-hydrogen) atoms. The Morgan fingerprint density at radius 1 is 0.907 bits per heavy atom. The monoisotopic (exact) mass is 599 g/mol. The number of nitrogens with one attached hydrogen (secondary N) is 2. The average Bonchev–Trinajstić information content (AvgIpc) is 3.86. The largest absolute Gasteiger partial charge is 0.494 e. The van der Waals surface area contributed by atoms with Crippen LogP contribution in [0.5, 0.6) is 5.75 Å². The smallest absolute Gasteiger partial charge is 0.229 e. The summed E-state index contributed by atoms with van der Waals surface area (Å²) in [6.07, 6.45) is 12.1. The van der Waals surface area contributed by atoms with Crippen molar-refractivity contribution >= 4 is 57.5 Å². The van der Waals surface area contributed by atoms with E-state index >= 15 is 0 Å². The van der Waals surface area contributed by atoms with Crippen LogP contribution in [0.4, 0.5) is 34.5 Å². The maximum Gasteiger partial charge on any atom is 0.229 e. The van der Waals surface area contributed by atoms with Crippen molar-refractivity contribution in [1.29, 1.82) is 0 Å². The fraction of sp³-hybridized carbons (Fsp3) is 0.438. The first-order valence-corrected chi connectivity index (χ1v) is 16.1. The number of aryl methyl sites for hydroxylation is 2. The molecule has 0 bridgehead atoms. The number of anilines is 6. The standard InChI is InChI=1S/C32H41N9OS/c1-20-17-26(28(42-5)18-27(20)40-15-11-22(12-16-40)39(3)4)37-32-35-19-21(2)31(38-32)36-25-10-9-24-29(34-14-13-33-24)30(25)41(43-6)23-7-8-23/h9-10,13-14,17-19,22-23H,7-8,11-12,15-16H2,1-6H3,(H2,35,36,37,38). The van der Waals surface area contributed by atoms with E-state index in [9.17, 15) is 0 Å². The topological polar surface area (TPSA) is 94.6 Å². The molecule has 10 nitrogen and oxygen atoms in total. The first-order valence-electron chi connectivity index (χ1n) is 14.9. The summed E-state index contributed by atoms with van der Waals surface area (Å²) >= 11 is 1.72. The van der Waals surface area contributed by atoms with Gasteiger partial charge in [0.25, 0.3) is 0 Å². The molecule has 4 aromatic rings. The van der Waals surface area contributed by atoms with E-state index in [0.29, 0.717) is 18.0 Å². The lowest BCUT2D eigenvalue weighted by Crippen LogP contribution is -2.42. The molecule has 1 saturated carbocycles. The van der Waals surface area contributed by atoms with Gasteiger partial charge in [0.2, 0.25) is 5.95 Å². The molecule has 1 aliphatic carbocycles. The van der Waals surface area contributed by atoms with Gasteiger partial charge in [0.1, 0.15) is 17.1 Å². The summed E-state index contributed by atoms with van der Waals surface area (Å²) in [7, 11) is 6.06.